The number of benzene rings is 1. The highest BCUT2D eigenvalue weighted by Gasteiger charge is 2.29. The van der Waals surface area contributed by atoms with E-state index >= 15 is 0 Å². The first-order valence-electron chi connectivity index (χ1n) is 6.68. The van der Waals surface area contributed by atoms with Crippen molar-refractivity contribution < 1.29 is 19.1 Å². The van der Waals surface area contributed by atoms with Crippen LogP contribution in [0.1, 0.15) is 24.2 Å². The van der Waals surface area contributed by atoms with E-state index in [1.807, 2.05) is 31.2 Å². The summed E-state index contributed by atoms with van der Waals surface area (Å²) < 4.78 is 10.5. The Morgan fingerprint density at radius 1 is 1.20 bits per heavy atom. The van der Waals surface area contributed by atoms with Crippen LogP contribution in [0, 0.1) is 6.92 Å². The topological polar surface area (TPSA) is 55.8 Å². The molecule has 0 saturated carbocycles. The Kier molecular flexibility index (Phi) is 4.74. The second-order valence-corrected chi connectivity index (χ2v) is 4.84. The van der Waals surface area contributed by atoms with Gasteiger partial charge in [0, 0.05) is 25.6 Å². The second kappa shape index (κ2) is 6.52. The molecular formula is C15H19NO4. The summed E-state index contributed by atoms with van der Waals surface area (Å²) in [5.74, 6) is -0.649. The van der Waals surface area contributed by atoms with E-state index in [4.69, 9.17) is 9.47 Å². The number of carbonyl (C=O) groups excluding carboxylic acids is 2. The zero-order valence-electron chi connectivity index (χ0n) is 11.8. The number of hydrogen-bond acceptors (Lipinski definition) is 4. The predicted molar refractivity (Wildman–Crippen MR) is 73.1 cm³/mol. The summed E-state index contributed by atoms with van der Waals surface area (Å²) in [4.78, 5) is 25.5. The standard InChI is InChI=1S/C15H19NO4/c1-11-3-5-13(6-4-11)14(20-12(2)17)15(18)16-7-9-19-10-8-16/h3-6,14H,7-10H2,1-2H3. The van der Waals surface area contributed by atoms with Crippen LogP contribution in [0.2, 0.25) is 0 Å². The highest BCUT2D eigenvalue weighted by Crippen LogP contribution is 2.21. The number of rotatable bonds is 3. The van der Waals surface area contributed by atoms with Crippen molar-refractivity contribution in [3.63, 3.8) is 0 Å². The van der Waals surface area contributed by atoms with E-state index in [9.17, 15) is 9.59 Å². The molecule has 1 saturated heterocycles. The minimum absolute atomic E-state index is 0.188. The third-order valence-corrected chi connectivity index (χ3v) is 3.21. The van der Waals surface area contributed by atoms with Crippen molar-refractivity contribution in [3.05, 3.63) is 35.4 Å². The molecule has 2 rings (SSSR count). The van der Waals surface area contributed by atoms with Crippen molar-refractivity contribution in [1.29, 1.82) is 0 Å². The zero-order chi connectivity index (χ0) is 14.5. The maximum absolute atomic E-state index is 12.5. The summed E-state index contributed by atoms with van der Waals surface area (Å²) in [6.45, 7) is 5.38. The fourth-order valence-electron chi connectivity index (χ4n) is 2.12. The molecule has 0 N–H and O–H groups in total. The van der Waals surface area contributed by atoms with E-state index < -0.39 is 12.1 Å². The highest BCUT2D eigenvalue weighted by atomic mass is 16.5. The van der Waals surface area contributed by atoms with Gasteiger partial charge in [-0.25, -0.2) is 0 Å². The van der Waals surface area contributed by atoms with E-state index in [2.05, 4.69) is 0 Å². The van der Waals surface area contributed by atoms with Crippen LogP contribution in [-0.4, -0.2) is 43.1 Å². The van der Waals surface area contributed by atoms with Crippen molar-refractivity contribution >= 4 is 11.9 Å². The summed E-state index contributed by atoms with van der Waals surface area (Å²) in [6.07, 6.45) is -0.869. The Morgan fingerprint density at radius 3 is 2.35 bits per heavy atom. The molecule has 1 aromatic rings. The fourth-order valence-corrected chi connectivity index (χ4v) is 2.12. The number of nitrogens with zero attached hydrogens (tertiary/aromatic N) is 1. The van der Waals surface area contributed by atoms with Gasteiger partial charge < -0.3 is 14.4 Å². The SMILES string of the molecule is CC(=O)OC(C(=O)N1CCOCC1)c1ccc(C)cc1. The minimum Gasteiger partial charge on any atom is -0.447 e. The van der Waals surface area contributed by atoms with Gasteiger partial charge in [-0.3, -0.25) is 9.59 Å². The number of hydrogen-bond donors (Lipinski definition) is 0. The van der Waals surface area contributed by atoms with Gasteiger partial charge in [-0.15, -0.1) is 0 Å². The normalized spacial score (nSPS) is 16.6. The van der Waals surface area contributed by atoms with Gasteiger partial charge in [-0.1, -0.05) is 29.8 Å². The lowest BCUT2D eigenvalue weighted by molar-refractivity contribution is -0.161. The molecule has 0 aliphatic carbocycles. The van der Waals surface area contributed by atoms with Crippen LogP contribution in [0.25, 0.3) is 0 Å². The monoisotopic (exact) mass is 277 g/mol. The molecular weight excluding hydrogens is 258 g/mol. The maximum atomic E-state index is 12.5. The number of amides is 1. The number of morpholine rings is 1. The van der Waals surface area contributed by atoms with Crippen molar-refractivity contribution in [3.8, 4) is 0 Å². The van der Waals surface area contributed by atoms with Crippen LogP contribution in [-0.2, 0) is 19.1 Å². The number of esters is 1. The Hall–Kier alpha value is -1.88. The molecule has 0 bridgehead atoms. The maximum Gasteiger partial charge on any atom is 0.303 e. The summed E-state index contributed by atoms with van der Waals surface area (Å²) in [7, 11) is 0. The van der Waals surface area contributed by atoms with Gasteiger partial charge >= 0.3 is 5.97 Å². The van der Waals surface area contributed by atoms with E-state index in [0.717, 1.165) is 5.56 Å². The Bertz CT molecular complexity index is 477. The fraction of sp³-hybridized carbons (Fsp3) is 0.467. The largest absolute Gasteiger partial charge is 0.447 e. The van der Waals surface area contributed by atoms with Crippen LogP contribution in [0.3, 0.4) is 0 Å². The quantitative estimate of drug-likeness (QED) is 0.785. The molecule has 1 amide bonds. The molecule has 1 aromatic carbocycles. The second-order valence-electron chi connectivity index (χ2n) is 4.84. The Labute approximate surface area is 118 Å². The Morgan fingerprint density at radius 2 is 1.80 bits per heavy atom. The smallest absolute Gasteiger partial charge is 0.303 e. The molecule has 0 radical (unpaired) electrons. The molecule has 20 heavy (non-hydrogen) atoms. The lowest BCUT2D eigenvalue weighted by Crippen LogP contribution is -2.43. The van der Waals surface area contributed by atoms with Crippen molar-refractivity contribution in [2.75, 3.05) is 26.3 Å². The molecule has 108 valence electrons. The van der Waals surface area contributed by atoms with E-state index in [0.29, 0.717) is 31.9 Å². The number of aryl methyl sites for hydroxylation is 1. The summed E-state index contributed by atoms with van der Waals surface area (Å²) in [5, 5.41) is 0. The van der Waals surface area contributed by atoms with Crippen LogP contribution in [0.15, 0.2) is 24.3 Å². The van der Waals surface area contributed by atoms with E-state index in [1.54, 1.807) is 4.90 Å². The first-order valence-corrected chi connectivity index (χ1v) is 6.68. The molecule has 5 heteroatoms. The van der Waals surface area contributed by atoms with E-state index in [-0.39, 0.29) is 5.91 Å². The molecule has 1 unspecified atom stereocenters. The average Bonchev–Trinajstić information content (AvgIpc) is 2.46. The molecule has 1 aliphatic heterocycles. The van der Waals surface area contributed by atoms with Gasteiger partial charge in [0.2, 0.25) is 6.10 Å². The van der Waals surface area contributed by atoms with Gasteiger partial charge in [-0.05, 0) is 6.92 Å². The lowest BCUT2D eigenvalue weighted by atomic mass is 10.1. The lowest BCUT2D eigenvalue weighted by Gasteiger charge is -2.30. The van der Waals surface area contributed by atoms with Gasteiger partial charge in [0.05, 0.1) is 13.2 Å². The molecule has 1 atom stereocenters. The van der Waals surface area contributed by atoms with Gasteiger partial charge in [0.25, 0.3) is 5.91 Å². The summed E-state index contributed by atoms with van der Waals surface area (Å²) >= 11 is 0. The third kappa shape index (κ3) is 3.57. The highest BCUT2D eigenvalue weighted by molar-refractivity contribution is 5.84. The van der Waals surface area contributed by atoms with E-state index in [1.165, 1.54) is 6.92 Å². The average molecular weight is 277 g/mol. The van der Waals surface area contributed by atoms with Gasteiger partial charge in [0.1, 0.15) is 0 Å². The van der Waals surface area contributed by atoms with Crippen molar-refractivity contribution in [2.45, 2.75) is 20.0 Å². The molecule has 1 heterocycles. The molecule has 0 aromatic heterocycles. The molecule has 0 spiro atoms. The van der Waals surface area contributed by atoms with Crippen LogP contribution in [0.4, 0.5) is 0 Å². The zero-order valence-corrected chi connectivity index (χ0v) is 11.8. The summed E-state index contributed by atoms with van der Waals surface area (Å²) in [6, 6.07) is 7.44. The molecule has 1 aliphatic rings. The van der Waals surface area contributed by atoms with Crippen LogP contribution in [0.5, 0.6) is 0 Å². The Balaban J connectivity index is 2.19. The predicted octanol–water partition coefficient (Wildman–Crippen LogP) is 1.46. The van der Waals surface area contributed by atoms with Crippen molar-refractivity contribution in [1.82, 2.24) is 4.90 Å². The van der Waals surface area contributed by atoms with Gasteiger partial charge in [0.15, 0.2) is 0 Å². The third-order valence-electron chi connectivity index (χ3n) is 3.21. The first-order chi connectivity index (χ1) is 9.58. The van der Waals surface area contributed by atoms with Crippen molar-refractivity contribution in [2.24, 2.45) is 0 Å². The van der Waals surface area contributed by atoms with Crippen LogP contribution < -0.4 is 0 Å². The first kappa shape index (κ1) is 14.5. The van der Waals surface area contributed by atoms with Crippen LogP contribution >= 0.6 is 0 Å². The number of carbonyl (C=O) groups is 2. The minimum atomic E-state index is -0.869. The molecule has 1 fully saturated rings. The number of ether oxygens (including phenoxy) is 2. The molecule has 5 nitrogen and oxygen atoms in total. The van der Waals surface area contributed by atoms with Gasteiger partial charge in [-0.2, -0.15) is 0 Å². The summed E-state index contributed by atoms with van der Waals surface area (Å²) in [5.41, 5.74) is 1.79.